The van der Waals surface area contributed by atoms with Crippen LogP contribution in [0.3, 0.4) is 0 Å². The number of furan rings is 1. The molecular weight excluding hydrogens is 306 g/mol. The van der Waals surface area contributed by atoms with Gasteiger partial charge in [-0.15, -0.1) is 0 Å². The number of halogens is 1. The van der Waals surface area contributed by atoms with Gasteiger partial charge in [0.05, 0.1) is 11.3 Å². The number of rotatable bonds is 4. The molecule has 0 saturated carbocycles. The zero-order chi connectivity index (χ0) is 14.9. The minimum absolute atomic E-state index is 0.200. The summed E-state index contributed by atoms with van der Waals surface area (Å²) in [5.41, 5.74) is 0.782. The summed E-state index contributed by atoms with van der Waals surface area (Å²) in [7, 11) is -3.39. The van der Waals surface area contributed by atoms with Crippen LogP contribution in [0.2, 0.25) is 5.02 Å². The molecule has 0 atom stereocenters. The van der Waals surface area contributed by atoms with Crippen molar-refractivity contribution in [2.45, 2.75) is 0 Å². The van der Waals surface area contributed by atoms with Crippen LogP contribution in [0.1, 0.15) is 10.6 Å². The smallest absolute Gasteiger partial charge is 0.371 e. The summed E-state index contributed by atoms with van der Waals surface area (Å²) >= 11 is 6.04. The zero-order valence-corrected chi connectivity index (χ0v) is 11.8. The number of hydrogen-bond donors (Lipinski definition) is 2. The number of anilines is 1. The first-order chi connectivity index (χ1) is 9.26. The molecule has 0 fully saturated rings. The highest BCUT2D eigenvalue weighted by molar-refractivity contribution is 7.92. The van der Waals surface area contributed by atoms with E-state index in [0.29, 0.717) is 17.0 Å². The van der Waals surface area contributed by atoms with E-state index in [2.05, 4.69) is 4.72 Å². The number of benzene rings is 1. The Hall–Kier alpha value is -1.99. The Labute approximate surface area is 120 Å². The summed E-state index contributed by atoms with van der Waals surface area (Å²) in [6.45, 7) is 0. The lowest BCUT2D eigenvalue weighted by molar-refractivity contribution is 0.0663. The molecule has 20 heavy (non-hydrogen) atoms. The molecule has 0 aliphatic rings. The van der Waals surface area contributed by atoms with Gasteiger partial charge >= 0.3 is 5.97 Å². The van der Waals surface area contributed by atoms with Gasteiger partial charge in [-0.1, -0.05) is 11.6 Å². The van der Waals surface area contributed by atoms with Crippen molar-refractivity contribution in [3.63, 3.8) is 0 Å². The van der Waals surface area contributed by atoms with Crippen molar-refractivity contribution in [3.05, 3.63) is 41.1 Å². The van der Waals surface area contributed by atoms with Gasteiger partial charge in [-0.3, -0.25) is 4.72 Å². The van der Waals surface area contributed by atoms with Crippen LogP contribution in [-0.2, 0) is 10.0 Å². The molecule has 8 heteroatoms. The van der Waals surface area contributed by atoms with E-state index in [1.165, 1.54) is 24.3 Å². The van der Waals surface area contributed by atoms with Crippen molar-refractivity contribution >= 4 is 33.3 Å². The van der Waals surface area contributed by atoms with Gasteiger partial charge in [0.25, 0.3) is 0 Å². The number of aromatic carboxylic acids is 1. The van der Waals surface area contributed by atoms with Gasteiger partial charge in [-0.25, -0.2) is 13.2 Å². The molecule has 0 aliphatic heterocycles. The van der Waals surface area contributed by atoms with Crippen molar-refractivity contribution in [1.29, 1.82) is 0 Å². The fourth-order valence-corrected chi connectivity index (χ4v) is 2.42. The van der Waals surface area contributed by atoms with E-state index in [1.807, 2.05) is 0 Å². The van der Waals surface area contributed by atoms with Crippen LogP contribution in [0.25, 0.3) is 11.3 Å². The molecule has 0 spiro atoms. The van der Waals surface area contributed by atoms with E-state index in [0.717, 1.165) is 6.26 Å². The summed E-state index contributed by atoms with van der Waals surface area (Å²) in [6.07, 6.45) is 1.03. The molecule has 0 saturated heterocycles. The summed E-state index contributed by atoms with van der Waals surface area (Å²) in [5, 5.41) is 9.02. The van der Waals surface area contributed by atoms with Crippen LogP contribution >= 0.6 is 11.6 Å². The van der Waals surface area contributed by atoms with Crippen LogP contribution in [0.5, 0.6) is 0 Å². The first kappa shape index (κ1) is 14.4. The maximum atomic E-state index is 11.1. The Balaban J connectivity index is 2.36. The standard InChI is InChI=1S/C12H10ClNO5S/c1-20(17,18)14-7-2-3-8(9(13)6-7)10-4-5-11(19-10)12(15)16/h2-6,14H,1H3,(H,15,16). The Morgan fingerprint density at radius 2 is 2.00 bits per heavy atom. The van der Waals surface area contributed by atoms with Gasteiger partial charge < -0.3 is 9.52 Å². The maximum Gasteiger partial charge on any atom is 0.371 e. The largest absolute Gasteiger partial charge is 0.475 e. The highest BCUT2D eigenvalue weighted by atomic mass is 35.5. The molecule has 0 amide bonds. The monoisotopic (exact) mass is 315 g/mol. The van der Waals surface area contributed by atoms with E-state index >= 15 is 0 Å². The average Bonchev–Trinajstić information content (AvgIpc) is 2.76. The SMILES string of the molecule is CS(=O)(=O)Nc1ccc(-c2ccc(C(=O)O)o2)c(Cl)c1. The predicted octanol–water partition coefficient (Wildman–Crippen LogP) is 2.67. The minimum atomic E-state index is -3.39. The van der Waals surface area contributed by atoms with Gasteiger partial charge in [0.2, 0.25) is 15.8 Å². The molecule has 1 aromatic heterocycles. The van der Waals surface area contributed by atoms with E-state index in [-0.39, 0.29) is 10.8 Å². The number of sulfonamides is 1. The van der Waals surface area contributed by atoms with Crippen LogP contribution in [0.15, 0.2) is 34.7 Å². The number of carbonyl (C=O) groups is 1. The Morgan fingerprint density at radius 1 is 1.30 bits per heavy atom. The lowest BCUT2D eigenvalue weighted by Crippen LogP contribution is -2.09. The van der Waals surface area contributed by atoms with E-state index in [9.17, 15) is 13.2 Å². The molecule has 2 aromatic rings. The van der Waals surface area contributed by atoms with E-state index in [4.69, 9.17) is 21.1 Å². The van der Waals surface area contributed by atoms with Crippen molar-refractivity contribution in [2.24, 2.45) is 0 Å². The fraction of sp³-hybridized carbons (Fsp3) is 0.0833. The number of nitrogens with one attached hydrogen (secondary N) is 1. The molecule has 0 radical (unpaired) electrons. The van der Waals surface area contributed by atoms with Crippen molar-refractivity contribution in [3.8, 4) is 11.3 Å². The van der Waals surface area contributed by atoms with Crippen LogP contribution in [0, 0.1) is 0 Å². The second-order valence-electron chi connectivity index (χ2n) is 4.04. The summed E-state index contributed by atoms with van der Waals surface area (Å²) in [4.78, 5) is 10.7. The summed E-state index contributed by atoms with van der Waals surface area (Å²) < 4.78 is 29.6. The van der Waals surface area contributed by atoms with Crippen molar-refractivity contribution < 1.29 is 22.7 Å². The lowest BCUT2D eigenvalue weighted by atomic mass is 10.1. The second-order valence-corrected chi connectivity index (χ2v) is 6.19. The number of hydrogen-bond acceptors (Lipinski definition) is 4. The molecule has 2 N–H and O–H groups in total. The summed E-state index contributed by atoms with van der Waals surface area (Å²) in [6, 6.07) is 7.26. The minimum Gasteiger partial charge on any atom is -0.475 e. The third-order valence-corrected chi connectivity index (χ3v) is 3.27. The maximum absolute atomic E-state index is 11.1. The third kappa shape index (κ3) is 3.31. The number of carboxylic acid groups (broad SMARTS) is 1. The molecule has 1 heterocycles. The fourth-order valence-electron chi connectivity index (χ4n) is 1.59. The molecule has 2 rings (SSSR count). The molecule has 0 unspecified atom stereocenters. The highest BCUT2D eigenvalue weighted by Gasteiger charge is 2.13. The molecule has 6 nitrogen and oxygen atoms in total. The van der Waals surface area contributed by atoms with Crippen LogP contribution < -0.4 is 4.72 Å². The summed E-state index contributed by atoms with van der Waals surface area (Å²) in [5.74, 6) is -1.09. The van der Waals surface area contributed by atoms with E-state index < -0.39 is 16.0 Å². The normalized spacial score (nSPS) is 11.3. The number of carboxylic acids is 1. The van der Waals surface area contributed by atoms with Crippen LogP contribution in [-0.4, -0.2) is 25.7 Å². The topological polar surface area (TPSA) is 96.6 Å². The quantitative estimate of drug-likeness (QED) is 0.904. The van der Waals surface area contributed by atoms with Gasteiger partial charge in [-0.2, -0.15) is 0 Å². The van der Waals surface area contributed by atoms with Crippen molar-refractivity contribution in [1.82, 2.24) is 0 Å². The van der Waals surface area contributed by atoms with E-state index in [1.54, 1.807) is 6.07 Å². The molecule has 1 aromatic carbocycles. The van der Waals surface area contributed by atoms with Crippen LogP contribution in [0.4, 0.5) is 5.69 Å². The zero-order valence-electron chi connectivity index (χ0n) is 10.3. The first-order valence-corrected chi connectivity index (χ1v) is 7.64. The Kier molecular flexibility index (Phi) is 3.74. The Morgan fingerprint density at radius 3 is 2.50 bits per heavy atom. The van der Waals surface area contributed by atoms with Gasteiger partial charge in [-0.05, 0) is 30.3 Å². The molecular formula is C12H10ClNO5S. The first-order valence-electron chi connectivity index (χ1n) is 5.37. The molecule has 0 bridgehead atoms. The van der Waals surface area contributed by atoms with Gasteiger partial charge in [0.15, 0.2) is 0 Å². The average molecular weight is 316 g/mol. The highest BCUT2D eigenvalue weighted by Crippen LogP contribution is 2.31. The second kappa shape index (κ2) is 5.18. The van der Waals surface area contributed by atoms with Gasteiger partial charge in [0, 0.05) is 11.3 Å². The van der Waals surface area contributed by atoms with Crippen molar-refractivity contribution in [2.75, 3.05) is 11.0 Å². The van der Waals surface area contributed by atoms with Gasteiger partial charge in [0.1, 0.15) is 5.76 Å². The predicted molar refractivity (Wildman–Crippen MR) is 74.6 cm³/mol. The third-order valence-electron chi connectivity index (χ3n) is 2.35. The lowest BCUT2D eigenvalue weighted by Gasteiger charge is -2.06. The Bertz CT molecular complexity index is 766. The molecule has 106 valence electrons. The molecule has 0 aliphatic carbocycles.